The Hall–Kier alpha value is -1.44. The summed E-state index contributed by atoms with van der Waals surface area (Å²) in [6.07, 6.45) is 1.83. The molecule has 0 aliphatic carbocycles. The summed E-state index contributed by atoms with van der Waals surface area (Å²) in [5.74, 6) is 0.351. The third-order valence-corrected chi connectivity index (χ3v) is 3.69. The van der Waals surface area contributed by atoms with Crippen LogP contribution in [0, 0.1) is 5.41 Å². The first-order valence-electron chi connectivity index (χ1n) is 6.97. The van der Waals surface area contributed by atoms with E-state index < -0.39 is 0 Å². The number of nitrogens with one attached hydrogen (secondary N) is 2. The number of amidine groups is 1. The Morgan fingerprint density at radius 1 is 1.17 bits per heavy atom. The number of fused-ring (bicyclic) bond motifs is 1. The summed E-state index contributed by atoms with van der Waals surface area (Å²) in [6.45, 7) is 0.866. The zero-order valence-corrected chi connectivity index (χ0v) is 15.8. The maximum absolute atomic E-state index is 12.0. The predicted molar refractivity (Wildman–Crippen MR) is 102 cm³/mol. The molecule has 0 aromatic heterocycles. The fourth-order valence-corrected chi connectivity index (χ4v) is 2.53. The minimum Gasteiger partial charge on any atom is -0.425 e. The van der Waals surface area contributed by atoms with E-state index in [1.165, 1.54) is 0 Å². The van der Waals surface area contributed by atoms with Crippen LogP contribution in [-0.2, 0) is 4.79 Å². The van der Waals surface area contributed by atoms with Crippen LogP contribution in [0.4, 0.5) is 0 Å². The number of esters is 1. The maximum atomic E-state index is 12.0. The normalized spacial score (nSPS) is 16.3. The van der Waals surface area contributed by atoms with Gasteiger partial charge in [-0.2, -0.15) is 0 Å². The lowest BCUT2D eigenvalue weighted by Gasteiger charge is -2.10. The molecule has 1 aliphatic heterocycles. The number of carbonyl (C=O) groups is 1. The molecule has 23 heavy (non-hydrogen) atoms. The maximum Gasteiger partial charge on any atom is 0.328 e. The van der Waals surface area contributed by atoms with E-state index in [2.05, 4.69) is 5.32 Å². The van der Waals surface area contributed by atoms with Gasteiger partial charge in [-0.3, -0.25) is 5.41 Å². The molecule has 1 fully saturated rings. The monoisotopic (exact) mass is 443 g/mol. The van der Waals surface area contributed by atoms with E-state index in [4.69, 9.17) is 15.9 Å². The van der Waals surface area contributed by atoms with Crippen molar-refractivity contribution in [1.29, 1.82) is 5.41 Å². The number of hydrogen-bond donors (Lipinski definition) is 3. The fourth-order valence-electron chi connectivity index (χ4n) is 2.53. The van der Waals surface area contributed by atoms with Gasteiger partial charge in [-0.1, -0.05) is 18.2 Å². The molecule has 1 saturated heterocycles. The lowest BCUT2D eigenvalue weighted by atomic mass is 10.1. The Morgan fingerprint density at radius 2 is 1.87 bits per heavy atom. The summed E-state index contributed by atoms with van der Waals surface area (Å²) < 4.78 is 5.42. The van der Waals surface area contributed by atoms with Crippen LogP contribution in [-0.4, -0.2) is 24.4 Å². The summed E-state index contributed by atoms with van der Waals surface area (Å²) in [7, 11) is 0. The van der Waals surface area contributed by atoms with Crippen LogP contribution >= 0.6 is 34.0 Å². The van der Waals surface area contributed by atoms with Crippen molar-refractivity contribution in [3.8, 4) is 5.75 Å². The van der Waals surface area contributed by atoms with Gasteiger partial charge in [0.15, 0.2) is 0 Å². The van der Waals surface area contributed by atoms with Crippen molar-refractivity contribution < 1.29 is 9.53 Å². The summed E-state index contributed by atoms with van der Waals surface area (Å²) in [5.41, 5.74) is 6.16. The zero-order valence-electron chi connectivity index (χ0n) is 12.4. The second-order valence-corrected chi connectivity index (χ2v) is 5.21. The quantitative estimate of drug-likeness (QED) is 0.294. The number of halogens is 2. The Balaban J connectivity index is 0.00000132. The smallest absolute Gasteiger partial charge is 0.328 e. The highest BCUT2D eigenvalue weighted by Crippen LogP contribution is 2.23. The number of nitrogens with two attached hydrogens (primary N) is 1. The van der Waals surface area contributed by atoms with Crippen LogP contribution in [0.1, 0.15) is 18.4 Å². The third kappa shape index (κ3) is 4.53. The first-order valence-corrected chi connectivity index (χ1v) is 6.97. The van der Waals surface area contributed by atoms with Crippen molar-refractivity contribution in [2.45, 2.75) is 18.9 Å². The summed E-state index contributed by atoms with van der Waals surface area (Å²) in [5, 5.41) is 12.5. The van der Waals surface area contributed by atoms with Gasteiger partial charge in [-0.25, -0.2) is 4.79 Å². The van der Waals surface area contributed by atoms with E-state index in [1.54, 1.807) is 12.1 Å². The molecular formula is C16H19Br2N3O2. The van der Waals surface area contributed by atoms with Crippen molar-refractivity contribution >= 4 is 56.5 Å². The first-order chi connectivity index (χ1) is 10.1. The van der Waals surface area contributed by atoms with Crippen LogP contribution in [0.15, 0.2) is 36.4 Å². The second-order valence-electron chi connectivity index (χ2n) is 5.21. The highest BCUT2D eigenvalue weighted by molar-refractivity contribution is 8.93. The number of ether oxygens (including phenoxy) is 1. The molecule has 7 heteroatoms. The van der Waals surface area contributed by atoms with Crippen LogP contribution in [0.2, 0.25) is 0 Å². The molecule has 5 nitrogen and oxygen atoms in total. The summed E-state index contributed by atoms with van der Waals surface area (Å²) >= 11 is 0. The first kappa shape index (κ1) is 19.6. The van der Waals surface area contributed by atoms with Crippen molar-refractivity contribution in [2.75, 3.05) is 6.54 Å². The Morgan fingerprint density at radius 3 is 2.52 bits per heavy atom. The van der Waals surface area contributed by atoms with Crippen molar-refractivity contribution in [3.63, 3.8) is 0 Å². The van der Waals surface area contributed by atoms with Gasteiger partial charge in [0.05, 0.1) is 0 Å². The van der Waals surface area contributed by atoms with Crippen LogP contribution < -0.4 is 15.8 Å². The molecule has 124 valence electrons. The number of carbonyl (C=O) groups excluding carboxylic acids is 1. The minimum atomic E-state index is -0.229. The van der Waals surface area contributed by atoms with E-state index in [1.807, 2.05) is 24.3 Å². The molecule has 0 saturated carbocycles. The molecule has 4 N–H and O–H groups in total. The molecule has 1 unspecified atom stereocenters. The summed E-state index contributed by atoms with van der Waals surface area (Å²) in [4.78, 5) is 12.0. The fraction of sp³-hybridized carbons (Fsp3) is 0.250. The highest BCUT2D eigenvalue weighted by atomic mass is 79.9. The zero-order chi connectivity index (χ0) is 14.8. The van der Waals surface area contributed by atoms with E-state index in [0.29, 0.717) is 11.3 Å². The third-order valence-electron chi connectivity index (χ3n) is 3.69. The molecule has 1 aliphatic rings. The molecule has 1 heterocycles. The number of hydrogen-bond acceptors (Lipinski definition) is 4. The van der Waals surface area contributed by atoms with Crippen molar-refractivity contribution in [2.24, 2.45) is 5.73 Å². The van der Waals surface area contributed by atoms with Gasteiger partial charge in [0.2, 0.25) is 0 Å². The van der Waals surface area contributed by atoms with E-state index in [-0.39, 0.29) is 51.8 Å². The largest absolute Gasteiger partial charge is 0.425 e. The molecule has 0 bridgehead atoms. The molecule has 1 atom stereocenters. The molecule has 0 radical (unpaired) electrons. The predicted octanol–water partition coefficient (Wildman–Crippen LogP) is 2.94. The number of nitrogen functional groups attached to an aromatic ring is 1. The Labute approximate surface area is 155 Å². The number of rotatable bonds is 3. The van der Waals surface area contributed by atoms with E-state index >= 15 is 0 Å². The lowest BCUT2D eigenvalue weighted by Crippen LogP contribution is -2.34. The van der Waals surface area contributed by atoms with Gasteiger partial charge in [-0.05, 0) is 48.4 Å². The topological polar surface area (TPSA) is 88.2 Å². The standard InChI is InChI=1S/C16H17N3O2.2BrH/c17-15(18)12-4-3-11-9-13(6-5-10(11)8-12)21-16(20)14-2-1-7-19-14;;/h3-6,8-9,14,19H,1-2,7H2,(H3,17,18);2*1H. The van der Waals surface area contributed by atoms with Crippen molar-refractivity contribution in [1.82, 2.24) is 5.32 Å². The van der Waals surface area contributed by atoms with Crippen LogP contribution in [0.5, 0.6) is 5.75 Å². The van der Waals surface area contributed by atoms with Crippen LogP contribution in [0.3, 0.4) is 0 Å². The molecule has 2 aromatic carbocycles. The molecule has 0 amide bonds. The summed E-state index contributed by atoms with van der Waals surface area (Å²) in [6, 6.07) is 10.8. The molecular weight excluding hydrogens is 426 g/mol. The number of benzene rings is 2. The molecule has 2 aromatic rings. The Kier molecular flexibility index (Phi) is 7.18. The highest BCUT2D eigenvalue weighted by Gasteiger charge is 2.23. The lowest BCUT2D eigenvalue weighted by molar-refractivity contribution is -0.136. The average Bonchev–Trinajstić information content (AvgIpc) is 3.01. The van der Waals surface area contributed by atoms with Crippen LogP contribution in [0.25, 0.3) is 10.8 Å². The molecule has 3 rings (SSSR count). The van der Waals surface area contributed by atoms with E-state index in [0.717, 1.165) is 30.2 Å². The van der Waals surface area contributed by atoms with Gasteiger partial charge in [-0.15, -0.1) is 34.0 Å². The van der Waals surface area contributed by atoms with Gasteiger partial charge in [0.25, 0.3) is 0 Å². The van der Waals surface area contributed by atoms with Crippen molar-refractivity contribution in [3.05, 3.63) is 42.0 Å². The Bertz CT molecular complexity index is 716. The van der Waals surface area contributed by atoms with Gasteiger partial charge >= 0.3 is 5.97 Å². The SMILES string of the molecule is Br.Br.N=C(N)c1ccc2cc(OC(=O)C3CCCN3)ccc2c1. The van der Waals surface area contributed by atoms with Gasteiger partial charge in [0, 0.05) is 5.56 Å². The van der Waals surface area contributed by atoms with E-state index in [9.17, 15) is 4.79 Å². The van der Waals surface area contributed by atoms with Gasteiger partial charge < -0.3 is 15.8 Å². The van der Waals surface area contributed by atoms with Gasteiger partial charge in [0.1, 0.15) is 17.6 Å². The molecule has 0 spiro atoms. The average molecular weight is 445 g/mol. The minimum absolute atomic E-state index is 0. The second kappa shape index (κ2) is 8.42.